The van der Waals surface area contributed by atoms with Crippen LogP contribution in [0.4, 0.5) is 0 Å². The first-order chi connectivity index (χ1) is 15.0. The fourth-order valence-corrected chi connectivity index (χ4v) is 4.10. The topological polar surface area (TPSA) is 86.2 Å². The molecule has 0 saturated carbocycles. The Morgan fingerprint density at radius 3 is 2.77 bits per heavy atom. The summed E-state index contributed by atoms with van der Waals surface area (Å²) in [6.45, 7) is 7.72. The normalized spacial score (nSPS) is 15.9. The third-order valence-electron chi connectivity index (χ3n) is 4.96. The number of amides is 1. The van der Waals surface area contributed by atoms with Gasteiger partial charge >= 0.3 is 0 Å². The second kappa shape index (κ2) is 9.53. The van der Waals surface area contributed by atoms with Crippen molar-refractivity contribution < 1.29 is 14.3 Å². The van der Waals surface area contributed by atoms with Crippen molar-refractivity contribution in [1.82, 2.24) is 20.3 Å². The monoisotopic (exact) mass is 438 g/mol. The Hall–Kier alpha value is -2.84. The average molecular weight is 439 g/mol. The molecule has 1 atom stereocenters. The van der Waals surface area contributed by atoms with Crippen LogP contribution in [-0.4, -0.2) is 40.2 Å². The van der Waals surface area contributed by atoms with Gasteiger partial charge in [-0.25, -0.2) is 4.98 Å². The van der Waals surface area contributed by atoms with E-state index in [0.29, 0.717) is 42.7 Å². The molecule has 3 aromatic rings. The molecular formula is C23H26N4O3S. The number of nitrogens with one attached hydrogen (secondary N) is 1. The molecule has 31 heavy (non-hydrogen) atoms. The van der Waals surface area contributed by atoms with Crippen molar-refractivity contribution in [2.75, 3.05) is 13.2 Å². The summed E-state index contributed by atoms with van der Waals surface area (Å²) in [5, 5.41) is 3.79. The summed E-state index contributed by atoms with van der Waals surface area (Å²) in [6.07, 6.45) is 6.10. The fourth-order valence-electron chi connectivity index (χ4n) is 3.19. The zero-order valence-electron chi connectivity index (χ0n) is 17.9. The minimum absolute atomic E-state index is 0.00323. The van der Waals surface area contributed by atoms with Crippen molar-refractivity contribution in [1.29, 1.82) is 0 Å². The lowest BCUT2D eigenvalue weighted by molar-refractivity contribution is 0.0949. The highest BCUT2D eigenvalue weighted by atomic mass is 32.1. The fraction of sp³-hybridized carbons (Fsp3) is 0.391. The number of ether oxygens (including phenoxy) is 2. The molecule has 1 aliphatic rings. The Balaban J connectivity index is 1.58. The highest BCUT2D eigenvalue weighted by Crippen LogP contribution is 2.33. The van der Waals surface area contributed by atoms with Gasteiger partial charge < -0.3 is 14.8 Å². The minimum atomic E-state index is -0.197. The number of aryl methyl sites for hydroxylation is 1. The molecule has 1 aromatic carbocycles. The minimum Gasteiger partial charge on any atom is -0.488 e. The van der Waals surface area contributed by atoms with Crippen LogP contribution >= 0.6 is 11.3 Å². The van der Waals surface area contributed by atoms with E-state index in [4.69, 9.17) is 9.47 Å². The maximum atomic E-state index is 12.9. The molecule has 0 aliphatic carbocycles. The second-order valence-electron chi connectivity index (χ2n) is 7.90. The number of carbonyl (C=O) groups excluding carboxylic acids is 1. The van der Waals surface area contributed by atoms with E-state index in [1.807, 2.05) is 25.3 Å². The first-order valence-corrected chi connectivity index (χ1v) is 11.2. The quantitative estimate of drug-likeness (QED) is 0.597. The Kier molecular flexibility index (Phi) is 6.58. The molecule has 162 valence electrons. The zero-order chi connectivity index (χ0) is 21.8. The van der Waals surface area contributed by atoms with E-state index in [0.717, 1.165) is 22.7 Å². The van der Waals surface area contributed by atoms with Crippen LogP contribution in [0.15, 0.2) is 36.8 Å². The van der Waals surface area contributed by atoms with E-state index < -0.39 is 0 Å². The van der Waals surface area contributed by atoms with Crippen LogP contribution in [0.2, 0.25) is 0 Å². The van der Waals surface area contributed by atoms with Crippen molar-refractivity contribution in [3.05, 3.63) is 58.6 Å². The standard InChI is InChI=1S/C23H26N4O3S/c1-14(2)21-12-27-23(31-21)17-6-16(7-20(8-17)30-19-4-5-29-13-19)22(28)26-11-18-10-24-15(3)9-25-18/h6-10,12,14,19H,4-5,11,13H2,1-3H3,(H,26,28). The zero-order valence-corrected chi connectivity index (χ0v) is 18.7. The molecule has 1 saturated heterocycles. The van der Waals surface area contributed by atoms with E-state index in [2.05, 4.69) is 34.1 Å². The molecule has 4 rings (SSSR count). The smallest absolute Gasteiger partial charge is 0.251 e. The number of nitrogens with zero attached hydrogens (tertiary/aromatic N) is 3. The van der Waals surface area contributed by atoms with Gasteiger partial charge in [-0.15, -0.1) is 11.3 Å². The molecule has 1 aliphatic heterocycles. The van der Waals surface area contributed by atoms with Gasteiger partial charge in [0.1, 0.15) is 16.9 Å². The van der Waals surface area contributed by atoms with Crippen LogP contribution < -0.4 is 10.1 Å². The predicted molar refractivity (Wildman–Crippen MR) is 119 cm³/mol. The number of rotatable bonds is 7. The van der Waals surface area contributed by atoms with Gasteiger partial charge in [0.15, 0.2) is 0 Å². The van der Waals surface area contributed by atoms with E-state index in [9.17, 15) is 4.79 Å². The largest absolute Gasteiger partial charge is 0.488 e. The maximum absolute atomic E-state index is 12.9. The lowest BCUT2D eigenvalue weighted by Crippen LogP contribution is -2.24. The van der Waals surface area contributed by atoms with Gasteiger partial charge in [0.2, 0.25) is 0 Å². The summed E-state index contributed by atoms with van der Waals surface area (Å²) >= 11 is 1.64. The summed E-state index contributed by atoms with van der Waals surface area (Å²) in [7, 11) is 0. The number of hydrogen-bond donors (Lipinski definition) is 1. The summed E-state index contributed by atoms with van der Waals surface area (Å²) in [4.78, 5) is 27.2. The van der Waals surface area contributed by atoms with Crippen molar-refractivity contribution in [2.45, 2.75) is 45.8 Å². The van der Waals surface area contributed by atoms with Gasteiger partial charge in [0, 0.05) is 34.8 Å². The SMILES string of the molecule is Cc1cnc(CNC(=O)c2cc(OC3CCOC3)cc(-c3ncc(C(C)C)s3)c2)cn1. The predicted octanol–water partition coefficient (Wildman–Crippen LogP) is 4.13. The molecule has 0 radical (unpaired) electrons. The van der Waals surface area contributed by atoms with Crippen molar-refractivity contribution in [2.24, 2.45) is 0 Å². The van der Waals surface area contributed by atoms with E-state index in [1.54, 1.807) is 29.8 Å². The molecule has 1 unspecified atom stereocenters. The van der Waals surface area contributed by atoms with Crippen molar-refractivity contribution >= 4 is 17.2 Å². The van der Waals surface area contributed by atoms with Gasteiger partial charge in [-0.1, -0.05) is 13.8 Å². The molecular weight excluding hydrogens is 412 g/mol. The molecule has 0 spiro atoms. The van der Waals surface area contributed by atoms with Crippen LogP contribution in [0.3, 0.4) is 0 Å². The Labute approximate surface area is 185 Å². The van der Waals surface area contributed by atoms with Crippen LogP contribution in [0.5, 0.6) is 5.75 Å². The van der Waals surface area contributed by atoms with Crippen molar-refractivity contribution in [3.63, 3.8) is 0 Å². The number of aromatic nitrogens is 3. The molecule has 8 heteroatoms. The first kappa shape index (κ1) is 21.4. The highest BCUT2D eigenvalue weighted by molar-refractivity contribution is 7.15. The Bertz CT molecular complexity index is 1040. The second-order valence-corrected chi connectivity index (χ2v) is 8.97. The lowest BCUT2D eigenvalue weighted by atomic mass is 10.1. The highest BCUT2D eigenvalue weighted by Gasteiger charge is 2.20. The van der Waals surface area contributed by atoms with E-state index >= 15 is 0 Å². The molecule has 2 aromatic heterocycles. The van der Waals surface area contributed by atoms with Gasteiger partial charge in [-0.2, -0.15) is 0 Å². The third-order valence-corrected chi connectivity index (χ3v) is 6.31. The molecule has 3 heterocycles. The molecule has 1 fully saturated rings. The summed E-state index contributed by atoms with van der Waals surface area (Å²) in [5.41, 5.74) is 2.93. The van der Waals surface area contributed by atoms with Crippen LogP contribution in [0, 0.1) is 6.92 Å². The van der Waals surface area contributed by atoms with E-state index in [-0.39, 0.29) is 12.0 Å². The summed E-state index contributed by atoms with van der Waals surface area (Å²) in [6, 6.07) is 5.58. The number of hydrogen-bond acceptors (Lipinski definition) is 7. The summed E-state index contributed by atoms with van der Waals surface area (Å²) < 4.78 is 11.5. The first-order valence-electron chi connectivity index (χ1n) is 10.4. The number of carbonyl (C=O) groups is 1. The Morgan fingerprint density at radius 1 is 1.23 bits per heavy atom. The molecule has 1 amide bonds. The maximum Gasteiger partial charge on any atom is 0.251 e. The number of benzene rings is 1. The van der Waals surface area contributed by atoms with Gasteiger partial charge in [0.05, 0.1) is 37.3 Å². The van der Waals surface area contributed by atoms with Crippen molar-refractivity contribution in [3.8, 4) is 16.3 Å². The van der Waals surface area contributed by atoms with Gasteiger partial charge in [-0.3, -0.25) is 14.8 Å². The molecule has 0 bridgehead atoms. The van der Waals surface area contributed by atoms with Gasteiger partial charge in [-0.05, 0) is 31.0 Å². The molecule has 1 N–H and O–H groups in total. The van der Waals surface area contributed by atoms with Crippen LogP contribution in [0.25, 0.3) is 10.6 Å². The Morgan fingerprint density at radius 2 is 2.10 bits per heavy atom. The van der Waals surface area contributed by atoms with Crippen LogP contribution in [-0.2, 0) is 11.3 Å². The summed E-state index contributed by atoms with van der Waals surface area (Å²) in [5.74, 6) is 0.853. The van der Waals surface area contributed by atoms with Crippen LogP contribution in [0.1, 0.15) is 52.8 Å². The molecule has 7 nitrogen and oxygen atoms in total. The lowest BCUT2D eigenvalue weighted by Gasteiger charge is -2.14. The number of thiazole rings is 1. The average Bonchev–Trinajstić information content (AvgIpc) is 3.45. The van der Waals surface area contributed by atoms with Gasteiger partial charge in [0.25, 0.3) is 5.91 Å². The van der Waals surface area contributed by atoms with E-state index in [1.165, 1.54) is 4.88 Å². The third kappa shape index (κ3) is 5.45.